The van der Waals surface area contributed by atoms with E-state index in [9.17, 15) is 0 Å². The minimum atomic E-state index is 0.372. The lowest BCUT2D eigenvalue weighted by Gasteiger charge is -2.44. The highest BCUT2D eigenvalue weighted by Crippen LogP contribution is 2.42. The predicted molar refractivity (Wildman–Crippen MR) is 46.9 cm³/mol. The van der Waals surface area contributed by atoms with Crippen molar-refractivity contribution in [1.82, 2.24) is 0 Å². The molecule has 2 nitrogen and oxygen atoms in total. The van der Waals surface area contributed by atoms with Gasteiger partial charge < -0.3 is 9.47 Å². The largest absolute Gasteiger partial charge is 0.355 e. The Balaban J connectivity index is 2.04. The molecule has 0 aromatic heterocycles. The van der Waals surface area contributed by atoms with Gasteiger partial charge in [-0.15, -0.1) is 0 Å². The van der Waals surface area contributed by atoms with Gasteiger partial charge in [-0.3, -0.25) is 0 Å². The maximum atomic E-state index is 5.55. The third kappa shape index (κ3) is 1.38. The van der Waals surface area contributed by atoms with Gasteiger partial charge in [0.05, 0.1) is 12.7 Å². The highest BCUT2D eigenvalue weighted by molar-refractivity contribution is 4.89. The van der Waals surface area contributed by atoms with E-state index in [1.807, 2.05) is 0 Å². The molecule has 1 spiro atoms. The van der Waals surface area contributed by atoms with Gasteiger partial charge in [0.25, 0.3) is 0 Å². The second kappa shape index (κ2) is 3.35. The third-order valence-corrected chi connectivity index (χ3v) is 3.50. The molecular weight excluding hydrogens is 152 g/mol. The lowest BCUT2D eigenvalue weighted by molar-refractivity contribution is -0.212. The number of hydrogen-bond acceptors (Lipinski definition) is 2. The molecule has 12 heavy (non-hydrogen) atoms. The van der Waals surface area contributed by atoms with Gasteiger partial charge in [-0.05, 0) is 19.8 Å². The Kier molecular flexibility index (Phi) is 2.37. The molecule has 70 valence electrons. The van der Waals surface area contributed by atoms with Crippen molar-refractivity contribution in [2.45, 2.75) is 45.1 Å². The van der Waals surface area contributed by atoms with Crippen LogP contribution in [0.25, 0.3) is 0 Å². The summed E-state index contributed by atoms with van der Waals surface area (Å²) in [6.07, 6.45) is 7.12. The van der Waals surface area contributed by atoms with Crippen LogP contribution in [0.1, 0.15) is 39.0 Å². The zero-order chi connectivity index (χ0) is 8.44. The Morgan fingerprint density at radius 1 is 1.17 bits per heavy atom. The smallest absolute Gasteiger partial charge is 0.147 e. The summed E-state index contributed by atoms with van der Waals surface area (Å²) in [5, 5.41) is 0. The first-order valence-electron chi connectivity index (χ1n) is 5.03. The summed E-state index contributed by atoms with van der Waals surface area (Å²) >= 11 is 0. The Bertz CT molecular complexity index is 142. The van der Waals surface area contributed by atoms with Crippen LogP contribution < -0.4 is 0 Å². The number of rotatable bonds is 0. The second-order valence-electron chi connectivity index (χ2n) is 4.20. The molecule has 2 fully saturated rings. The standard InChI is InChI=1S/C10H18O2/c1-9-10(7-11-8-12-9)5-3-2-4-6-10/h9H,2-8H2,1H3. The van der Waals surface area contributed by atoms with E-state index >= 15 is 0 Å². The molecule has 0 aromatic carbocycles. The second-order valence-corrected chi connectivity index (χ2v) is 4.20. The van der Waals surface area contributed by atoms with Crippen molar-refractivity contribution in [2.75, 3.05) is 13.4 Å². The van der Waals surface area contributed by atoms with Crippen molar-refractivity contribution in [3.05, 3.63) is 0 Å². The summed E-state index contributed by atoms with van der Waals surface area (Å²) in [6.45, 7) is 3.63. The molecule has 0 radical (unpaired) electrons. The summed E-state index contributed by atoms with van der Waals surface area (Å²) in [4.78, 5) is 0. The van der Waals surface area contributed by atoms with Crippen molar-refractivity contribution in [2.24, 2.45) is 5.41 Å². The van der Waals surface area contributed by atoms with Gasteiger partial charge in [0.2, 0.25) is 0 Å². The molecule has 2 heteroatoms. The van der Waals surface area contributed by atoms with Crippen LogP contribution in [0.2, 0.25) is 0 Å². The zero-order valence-corrected chi connectivity index (χ0v) is 7.84. The first kappa shape index (κ1) is 8.52. The lowest BCUT2D eigenvalue weighted by Crippen LogP contribution is -2.45. The van der Waals surface area contributed by atoms with Crippen LogP contribution in [0.3, 0.4) is 0 Å². The minimum absolute atomic E-state index is 0.372. The van der Waals surface area contributed by atoms with Crippen LogP contribution in [0, 0.1) is 5.41 Å². The van der Waals surface area contributed by atoms with E-state index in [2.05, 4.69) is 6.92 Å². The summed E-state index contributed by atoms with van der Waals surface area (Å²) < 4.78 is 11.0. The quantitative estimate of drug-likeness (QED) is 0.555. The first-order chi connectivity index (χ1) is 5.83. The molecule has 1 unspecified atom stereocenters. The molecule has 1 aliphatic carbocycles. The van der Waals surface area contributed by atoms with E-state index in [0.717, 1.165) is 6.61 Å². The fraction of sp³-hybridized carbons (Fsp3) is 1.00. The van der Waals surface area contributed by atoms with Crippen molar-refractivity contribution in [1.29, 1.82) is 0 Å². The summed E-state index contributed by atoms with van der Waals surface area (Å²) in [7, 11) is 0. The van der Waals surface area contributed by atoms with Gasteiger partial charge in [-0.1, -0.05) is 19.3 Å². The van der Waals surface area contributed by atoms with E-state index < -0.39 is 0 Å². The number of ether oxygens (including phenoxy) is 2. The predicted octanol–water partition coefficient (Wildman–Crippen LogP) is 2.33. The fourth-order valence-corrected chi connectivity index (χ4v) is 2.50. The molecule has 1 saturated carbocycles. The zero-order valence-electron chi connectivity index (χ0n) is 7.84. The molecule has 0 N–H and O–H groups in total. The molecule has 1 heterocycles. The lowest BCUT2D eigenvalue weighted by atomic mass is 9.71. The van der Waals surface area contributed by atoms with Gasteiger partial charge in [0.15, 0.2) is 0 Å². The molecule has 1 saturated heterocycles. The van der Waals surface area contributed by atoms with Crippen LogP contribution >= 0.6 is 0 Å². The Morgan fingerprint density at radius 2 is 1.92 bits per heavy atom. The van der Waals surface area contributed by atoms with Gasteiger partial charge in [-0.25, -0.2) is 0 Å². The van der Waals surface area contributed by atoms with E-state index in [4.69, 9.17) is 9.47 Å². The summed E-state index contributed by atoms with van der Waals surface area (Å²) in [5.41, 5.74) is 0.372. The van der Waals surface area contributed by atoms with Crippen molar-refractivity contribution >= 4 is 0 Å². The van der Waals surface area contributed by atoms with Crippen molar-refractivity contribution in [3.8, 4) is 0 Å². The van der Waals surface area contributed by atoms with E-state index in [1.54, 1.807) is 0 Å². The Hall–Kier alpha value is -0.0800. The van der Waals surface area contributed by atoms with Crippen molar-refractivity contribution in [3.63, 3.8) is 0 Å². The van der Waals surface area contributed by atoms with Gasteiger partial charge in [-0.2, -0.15) is 0 Å². The molecule has 2 rings (SSSR count). The van der Waals surface area contributed by atoms with Crippen LogP contribution in [0.5, 0.6) is 0 Å². The van der Waals surface area contributed by atoms with E-state index in [-0.39, 0.29) is 0 Å². The highest BCUT2D eigenvalue weighted by atomic mass is 16.7. The maximum Gasteiger partial charge on any atom is 0.147 e. The van der Waals surface area contributed by atoms with Gasteiger partial charge >= 0.3 is 0 Å². The Labute approximate surface area is 74.2 Å². The topological polar surface area (TPSA) is 18.5 Å². The maximum absolute atomic E-state index is 5.55. The fourth-order valence-electron chi connectivity index (χ4n) is 2.50. The molecule has 0 bridgehead atoms. The monoisotopic (exact) mass is 170 g/mol. The minimum Gasteiger partial charge on any atom is -0.355 e. The molecular formula is C10H18O2. The van der Waals surface area contributed by atoms with Gasteiger partial charge in [0.1, 0.15) is 6.79 Å². The SMILES string of the molecule is CC1OCOCC12CCCCC2. The normalized spacial score (nSPS) is 35.2. The molecule has 0 amide bonds. The van der Waals surface area contributed by atoms with E-state index in [1.165, 1.54) is 32.1 Å². The summed E-state index contributed by atoms with van der Waals surface area (Å²) in [6, 6.07) is 0. The molecule has 1 aliphatic heterocycles. The average Bonchev–Trinajstić information content (AvgIpc) is 2.12. The van der Waals surface area contributed by atoms with Crippen molar-refractivity contribution < 1.29 is 9.47 Å². The highest BCUT2D eigenvalue weighted by Gasteiger charge is 2.40. The van der Waals surface area contributed by atoms with E-state index in [0.29, 0.717) is 18.3 Å². The third-order valence-electron chi connectivity index (χ3n) is 3.50. The number of hydrogen-bond donors (Lipinski definition) is 0. The molecule has 2 aliphatic rings. The van der Waals surface area contributed by atoms with Gasteiger partial charge in [0, 0.05) is 5.41 Å². The first-order valence-corrected chi connectivity index (χ1v) is 5.03. The van der Waals surface area contributed by atoms with Crippen LogP contribution in [0.15, 0.2) is 0 Å². The van der Waals surface area contributed by atoms with Crippen LogP contribution in [0.4, 0.5) is 0 Å². The van der Waals surface area contributed by atoms with Crippen LogP contribution in [-0.4, -0.2) is 19.5 Å². The average molecular weight is 170 g/mol. The molecule has 0 aromatic rings. The summed E-state index contributed by atoms with van der Waals surface area (Å²) in [5.74, 6) is 0. The van der Waals surface area contributed by atoms with Crippen LogP contribution in [-0.2, 0) is 9.47 Å². The Morgan fingerprint density at radius 3 is 2.58 bits per heavy atom. The molecule has 1 atom stereocenters.